The van der Waals surface area contributed by atoms with Crippen molar-refractivity contribution in [2.75, 3.05) is 23.3 Å². The summed E-state index contributed by atoms with van der Waals surface area (Å²) in [6, 6.07) is 10.3. The SMILES string of the molecule is Cc1cc(C)cc(NC(N)=NCc2ccc(N3CC(C)OC(C)C3)nc2)c1. The molecule has 2 atom stereocenters. The predicted octanol–water partition coefficient (Wildman–Crippen LogP) is 3.24. The molecule has 0 amide bonds. The minimum Gasteiger partial charge on any atom is -0.372 e. The Kier molecular flexibility index (Phi) is 5.96. The van der Waals surface area contributed by atoms with Crippen LogP contribution in [-0.2, 0) is 11.3 Å². The zero-order chi connectivity index (χ0) is 19.4. The summed E-state index contributed by atoms with van der Waals surface area (Å²) in [6.45, 7) is 10.5. The minimum atomic E-state index is 0.218. The molecule has 6 nitrogen and oxygen atoms in total. The van der Waals surface area contributed by atoms with Crippen molar-refractivity contribution in [3.63, 3.8) is 0 Å². The molecule has 0 spiro atoms. The van der Waals surface area contributed by atoms with Crippen molar-refractivity contribution < 1.29 is 4.74 Å². The Labute approximate surface area is 161 Å². The fourth-order valence-corrected chi connectivity index (χ4v) is 3.47. The van der Waals surface area contributed by atoms with Crippen molar-refractivity contribution in [3.8, 4) is 0 Å². The van der Waals surface area contributed by atoms with Crippen LogP contribution >= 0.6 is 0 Å². The average Bonchev–Trinajstić information content (AvgIpc) is 2.58. The van der Waals surface area contributed by atoms with Crippen LogP contribution in [0.4, 0.5) is 11.5 Å². The molecule has 0 saturated carbocycles. The Bertz CT molecular complexity index is 772. The lowest BCUT2D eigenvalue weighted by Gasteiger charge is -2.36. The van der Waals surface area contributed by atoms with Gasteiger partial charge in [0.05, 0.1) is 18.8 Å². The molecule has 3 rings (SSSR count). The second-order valence-electron chi connectivity index (χ2n) is 7.39. The number of guanidine groups is 1. The van der Waals surface area contributed by atoms with Crippen LogP contribution < -0.4 is 16.0 Å². The predicted molar refractivity (Wildman–Crippen MR) is 111 cm³/mol. The maximum absolute atomic E-state index is 6.03. The number of nitrogens with two attached hydrogens (primary N) is 1. The quantitative estimate of drug-likeness (QED) is 0.641. The number of nitrogens with one attached hydrogen (secondary N) is 1. The number of aryl methyl sites for hydroxylation is 2. The summed E-state index contributed by atoms with van der Waals surface area (Å²) in [5.74, 6) is 1.38. The molecule has 1 saturated heterocycles. The second kappa shape index (κ2) is 8.39. The van der Waals surface area contributed by atoms with Gasteiger partial charge in [-0.15, -0.1) is 0 Å². The molecule has 1 aliphatic heterocycles. The Morgan fingerprint density at radius 2 is 1.85 bits per heavy atom. The molecule has 0 aliphatic carbocycles. The number of nitrogens with zero attached hydrogens (tertiary/aromatic N) is 3. The lowest BCUT2D eigenvalue weighted by atomic mass is 10.1. The fourth-order valence-electron chi connectivity index (χ4n) is 3.47. The standard InChI is InChI=1S/C21H29N5O/c1-14-7-15(2)9-19(8-14)25-21(22)24-11-18-5-6-20(23-10-18)26-12-16(3)27-17(4)13-26/h5-10,16-17H,11-13H2,1-4H3,(H3,22,24,25). The molecular formula is C21H29N5O. The van der Waals surface area contributed by atoms with E-state index in [0.29, 0.717) is 12.5 Å². The average molecular weight is 367 g/mol. The number of anilines is 2. The molecule has 1 fully saturated rings. The number of ether oxygens (including phenoxy) is 1. The molecule has 6 heteroatoms. The van der Waals surface area contributed by atoms with Gasteiger partial charge in [0, 0.05) is 25.0 Å². The third-order valence-electron chi connectivity index (χ3n) is 4.48. The first kappa shape index (κ1) is 19.2. The van der Waals surface area contributed by atoms with E-state index < -0.39 is 0 Å². The number of pyridine rings is 1. The van der Waals surface area contributed by atoms with Crippen molar-refractivity contribution in [1.82, 2.24) is 4.98 Å². The third-order valence-corrected chi connectivity index (χ3v) is 4.48. The normalized spacial score (nSPS) is 20.6. The van der Waals surface area contributed by atoms with Crippen LogP contribution in [0.1, 0.15) is 30.5 Å². The highest BCUT2D eigenvalue weighted by atomic mass is 16.5. The summed E-state index contributed by atoms with van der Waals surface area (Å²) in [7, 11) is 0. The highest BCUT2D eigenvalue weighted by Crippen LogP contribution is 2.18. The summed E-state index contributed by atoms with van der Waals surface area (Å²) in [5, 5.41) is 3.15. The lowest BCUT2D eigenvalue weighted by molar-refractivity contribution is -0.00545. The van der Waals surface area contributed by atoms with E-state index in [-0.39, 0.29) is 12.2 Å². The summed E-state index contributed by atoms with van der Waals surface area (Å²) >= 11 is 0. The van der Waals surface area contributed by atoms with E-state index in [4.69, 9.17) is 10.5 Å². The molecule has 1 aliphatic rings. The Hall–Kier alpha value is -2.60. The molecule has 144 valence electrons. The van der Waals surface area contributed by atoms with Gasteiger partial charge >= 0.3 is 0 Å². The zero-order valence-electron chi connectivity index (χ0n) is 16.6. The minimum absolute atomic E-state index is 0.218. The largest absolute Gasteiger partial charge is 0.372 e. The van der Waals surface area contributed by atoms with Gasteiger partial charge in [0.15, 0.2) is 5.96 Å². The van der Waals surface area contributed by atoms with E-state index in [1.807, 2.05) is 12.3 Å². The molecule has 0 radical (unpaired) electrons. The van der Waals surface area contributed by atoms with Crippen LogP contribution in [0.15, 0.2) is 41.5 Å². The monoisotopic (exact) mass is 367 g/mol. The summed E-state index contributed by atoms with van der Waals surface area (Å²) in [5.41, 5.74) is 10.4. The summed E-state index contributed by atoms with van der Waals surface area (Å²) in [6.07, 6.45) is 2.31. The van der Waals surface area contributed by atoms with Gasteiger partial charge < -0.3 is 20.7 Å². The molecular weight excluding hydrogens is 338 g/mol. The molecule has 2 unspecified atom stereocenters. The van der Waals surface area contributed by atoms with E-state index in [0.717, 1.165) is 30.2 Å². The summed E-state index contributed by atoms with van der Waals surface area (Å²) < 4.78 is 5.78. The fraction of sp³-hybridized carbons (Fsp3) is 0.429. The van der Waals surface area contributed by atoms with E-state index in [1.165, 1.54) is 11.1 Å². The van der Waals surface area contributed by atoms with Gasteiger partial charge in [0.25, 0.3) is 0 Å². The van der Waals surface area contributed by atoms with Gasteiger partial charge in [-0.3, -0.25) is 0 Å². The van der Waals surface area contributed by atoms with Crippen LogP contribution in [0.5, 0.6) is 0 Å². The summed E-state index contributed by atoms with van der Waals surface area (Å²) in [4.78, 5) is 11.3. The Morgan fingerprint density at radius 1 is 1.19 bits per heavy atom. The van der Waals surface area contributed by atoms with Gasteiger partial charge in [-0.2, -0.15) is 0 Å². The molecule has 1 aromatic heterocycles. The maximum atomic E-state index is 6.03. The van der Waals surface area contributed by atoms with E-state index in [2.05, 4.69) is 72.2 Å². The number of morpholine rings is 1. The number of aromatic nitrogens is 1. The molecule has 27 heavy (non-hydrogen) atoms. The Balaban J connectivity index is 1.60. The number of benzene rings is 1. The molecule has 2 aromatic rings. The third kappa shape index (κ3) is 5.44. The lowest BCUT2D eigenvalue weighted by Crippen LogP contribution is -2.45. The highest BCUT2D eigenvalue weighted by Gasteiger charge is 2.22. The van der Waals surface area contributed by atoms with Crippen molar-refractivity contribution in [3.05, 3.63) is 53.2 Å². The molecule has 3 N–H and O–H groups in total. The van der Waals surface area contributed by atoms with Crippen LogP contribution in [0.2, 0.25) is 0 Å². The van der Waals surface area contributed by atoms with E-state index >= 15 is 0 Å². The first-order valence-electron chi connectivity index (χ1n) is 9.39. The topological polar surface area (TPSA) is 75.8 Å². The number of rotatable bonds is 4. The van der Waals surface area contributed by atoms with Gasteiger partial charge in [0.2, 0.25) is 0 Å². The van der Waals surface area contributed by atoms with E-state index in [1.54, 1.807) is 0 Å². The van der Waals surface area contributed by atoms with Gasteiger partial charge in [-0.25, -0.2) is 9.98 Å². The smallest absolute Gasteiger partial charge is 0.193 e. The van der Waals surface area contributed by atoms with Gasteiger partial charge in [-0.1, -0.05) is 12.1 Å². The first-order valence-corrected chi connectivity index (χ1v) is 9.39. The van der Waals surface area contributed by atoms with E-state index in [9.17, 15) is 0 Å². The van der Waals surface area contributed by atoms with Crippen LogP contribution in [0.25, 0.3) is 0 Å². The second-order valence-corrected chi connectivity index (χ2v) is 7.39. The van der Waals surface area contributed by atoms with Crippen molar-refractivity contribution in [2.24, 2.45) is 10.7 Å². The van der Waals surface area contributed by atoms with Gasteiger partial charge in [0.1, 0.15) is 5.82 Å². The first-order chi connectivity index (χ1) is 12.9. The molecule has 1 aromatic carbocycles. The molecule has 0 bridgehead atoms. The highest BCUT2D eigenvalue weighted by molar-refractivity contribution is 5.92. The van der Waals surface area contributed by atoms with Gasteiger partial charge in [-0.05, 0) is 62.6 Å². The van der Waals surface area contributed by atoms with Crippen LogP contribution in [-0.4, -0.2) is 36.2 Å². The van der Waals surface area contributed by atoms with Crippen molar-refractivity contribution in [1.29, 1.82) is 0 Å². The van der Waals surface area contributed by atoms with Crippen molar-refractivity contribution >= 4 is 17.5 Å². The molecule has 2 heterocycles. The number of hydrogen-bond donors (Lipinski definition) is 2. The maximum Gasteiger partial charge on any atom is 0.193 e. The van der Waals surface area contributed by atoms with Crippen LogP contribution in [0.3, 0.4) is 0 Å². The number of aliphatic imine (C=N–C) groups is 1. The van der Waals surface area contributed by atoms with Crippen molar-refractivity contribution in [2.45, 2.75) is 46.4 Å². The van der Waals surface area contributed by atoms with Crippen LogP contribution in [0, 0.1) is 13.8 Å². The Morgan fingerprint density at radius 3 is 2.44 bits per heavy atom. The number of hydrogen-bond acceptors (Lipinski definition) is 4. The zero-order valence-corrected chi connectivity index (χ0v) is 16.6.